The van der Waals surface area contributed by atoms with Crippen molar-refractivity contribution >= 4 is 45.8 Å². The van der Waals surface area contributed by atoms with Crippen molar-refractivity contribution in [2.24, 2.45) is 11.7 Å². The Morgan fingerprint density at radius 1 is 1.65 bits per heavy atom. The summed E-state index contributed by atoms with van der Waals surface area (Å²) in [5, 5.41) is 15.7. The summed E-state index contributed by atoms with van der Waals surface area (Å²) in [6.45, 7) is 0. The van der Waals surface area contributed by atoms with Gasteiger partial charge < -0.3 is 16.2 Å². The van der Waals surface area contributed by atoms with Crippen LogP contribution in [0, 0.1) is 11.3 Å². The summed E-state index contributed by atoms with van der Waals surface area (Å²) in [5.74, 6) is -1.88. The molecule has 7 heteroatoms. The molecule has 1 rings (SSSR count). The smallest absolute Gasteiger partial charge is 0.317 e. The molecule has 0 aromatic carbocycles. The molecule has 0 radical (unpaired) electrons. The summed E-state index contributed by atoms with van der Waals surface area (Å²) in [5.41, 5.74) is 5.55. The molecule has 5 nitrogen and oxygen atoms in total. The van der Waals surface area contributed by atoms with E-state index < -0.39 is 17.1 Å². The molecule has 0 bridgehead atoms. The van der Waals surface area contributed by atoms with Gasteiger partial charge in [0.2, 0.25) is 5.91 Å². The molecule has 1 fully saturated rings. The number of aliphatic carboxylic acids is 1. The Balaban J connectivity index is 2.60. The minimum Gasteiger partial charge on any atom is -0.480 e. The van der Waals surface area contributed by atoms with E-state index in [1.54, 1.807) is 0 Å². The molecule has 0 saturated heterocycles. The standard InChI is InChI=1S/C10H14N2O3S2/c11-6-3-1-2-5(6)10(16)17-7(9(14)15)4-8(12)13/h5,7,11H,1-4H2,(H2,12,13)(H,14,15)/t5-,7+/m1/s1. The minimum atomic E-state index is -1.10. The molecule has 94 valence electrons. The summed E-state index contributed by atoms with van der Waals surface area (Å²) in [4.78, 5) is 21.7. The first kappa shape index (κ1) is 14.1. The minimum absolute atomic E-state index is 0.121. The van der Waals surface area contributed by atoms with Crippen LogP contribution in [0.25, 0.3) is 0 Å². The quantitative estimate of drug-likeness (QED) is 0.653. The monoisotopic (exact) mass is 274 g/mol. The molecular formula is C10H14N2O3S2. The van der Waals surface area contributed by atoms with E-state index in [0.717, 1.165) is 31.0 Å². The lowest BCUT2D eigenvalue weighted by Gasteiger charge is -2.15. The molecule has 4 N–H and O–H groups in total. The maximum Gasteiger partial charge on any atom is 0.317 e. The first-order chi connectivity index (χ1) is 7.91. The Morgan fingerprint density at radius 3 is 2.71 bits per heavy atom. The van der Waals surface area contributed by atoms with E-state index in [4.69, 9.17) is 28.5 Å². The third-order valence-corrected chi connectivity index (χ3v) is 4.31. The van der Waals surface area contributed by atoms with E-state index in [2.05, 4.69) is 0 Å². The van der Waals surface area contributed by atoms with Crippen molar-refractivity contribution in [3.63, 3.8) is 0 Å². The highest BCUT2D eigenvalue weighted by atomic mass is 32.2. The van der Waals surface area contributed by atoms with Gasteiger partial charge >= 0.3 is 5.97 Å². The topological polar surface area (TPSA) is 104 Å². The number of carboxylic acids is 1. The number of amides is 1. The van der Waals surface area contributed by atoms with Crippen molar-refractivity contribution < 1.29 is 14.7 Å². The first-order valence-electron chi connectivity index (χ1n) is 5.20. The van der Waals surface area contributed by atoms with Crippen LogP contribution in [0.4, 0.5) is 0 Å². The van der Waals surface area contributed by atoms with E-state index in [1.807, 2.05) is 0 Å². The SMILES string of the molecule is N=C1CCC[C@H]1C(=S)S[C@@H](CC(N)=O)C(=O)O. The zero-order valence-corrected chi connectivity index (χ0v) is 10.8. The van der Waals surface area contributed by atoms with Crippen molar-refractivity contribution in [2.45, 2.75) is 30.9 Å². The van der Waals surface area contributed by atoms with Gasteiger partial charge in [-0.3, -0.25) is 9.59 Å². The van der Waals surface area contributed by atoms with Crippen molar-refractivity contribution in [2.75, 3.05) is 0 Å². The van der Waals surface area contributed by atoms with Crippen molar-refractivity contribution in [3.05, 3.63) is 0 Å². The van der Waals surface area contributed by atoms with E-state index in [0.29, 0.717) is 9.91 Å². The number of carboxylic acid groups (broad SMARTS) is 1. The van der Waals surface area contributed by atoms with E-state index >= 15 is 0 Å². The van der Waals surface area contributed by atoms with Crippen molar-refractivity contribution in [1.29, 1.82) is 5.41 Å². The van der Waals surface area contributed by atoms with E-state index in [9.17, 15) is 9.59 Å². The number of nitrogens with one attached hydrogen (secondary N) is 1. The van der Waals surface area contributed by atoms with Gasteiger partial charge in [0.05, 0.1) is 4.20 Å². The Morgan fingerprint density at radius 2 is 2.29 bits per heavy atom. The van der Waals surface area contributed by atoms with Crippen LogP contribution in [-0.4, -0.2) is 32.1 Å². The third-order valence-electron chi connectivity index (χ3n) is 2.56. The predicted octanol–water partition coefficient (Wildman–Crippen LogP) is 1.20. The average molecular weight is 274 g/mol. The molecular weight excluding hydrogens is 260 g/mol. The molecule has 1 saturated carbocycles. The Kier molecular flexibility index (Phi) is 5.07. The van der Waals surface area contributed by atoms with Gasteiger partial charge in [0.1, 0.15) is 5.25 Å². The lowest BCUT2D eigenvalue weighted by Crippen LogP contribution is -2.27. The number of hydrogen-bond acceptors (Lipinski definition) is 5. The third kappa shape index (κ3) is 4.08. The number of primary amides is 1. The number of thioether (sulfide) groups is 1. The van der Waals surface area contributed by atoms with Crippen LogP contribution < -0.4 is 5.73 Å². The Bertz CT molecular complexity index is 371. The first-order valence-corrected chi connectivity index (χ1v) is 6.49. The van der Waals surface area contributed by atoms with Crippen LogP contribution in [0.15, 0.2) is 0 Å². The fraction of sp³-hybridized carbons (Fsp3) is 0.600. The summed E-state index contributed by atoms with van der Waals surface area (Å²) in [7, 11) is 0. The Labute approximate surface area is 109 Å². The van der Waals surface area contributed by atoms with Gasteiger partial charge in [-0.1, -0.05) is 12.2 Å². The van der Waals surface area contributed by atoms with Gasteiger partial charge in [-0.25, -0.2) is 0 Å². The molecule has 17 heavy (non-hydrogen) atoms. The predicted molar refractivity (Wildman–Crippen MR) is 70.5 cm³/mol. The molecule has 1 amide bonds. The molecule has 0 unspecified atom stereocenters. The second-order valence-corrected chi connectivity index (χ2v) is 5.85. The van der Waals surface area contributed by atoms with Crippen LogP contribution >= 0.6 is 24.0 Å². The van der Waals surface area contributed by atoms with Gasteiger partial charge in [0.15, 0.2) is 0 Å². The number of thiocarbonyl (C=S) groups is 1. The van der Waals surface area contributed by atoms with Crippen LogP contribution in [-0.2, 0) is 9.59 Å². The maximum atomic E-state index is 10.9. The van der Waals surface area contributed by atoms with Crippen LogP contribution in [0.1, 0.15) is 25.7 Å². The largest absolute Gasteiger partial charge is 0.480 e. The fourth-order valence-electron chi connectivity index (χ4n) is 1.69. The van der Waals surface area contributed by atoms with Gasteiger partial charge in [-0.05, 0) is 19.3 Å². The highest BCUT2D eigenvalue weighted by molar-refractivity contribution is 8.24. The molecule has 2 atom stereocenters. The second-order valence-electron chi connectivity index (χ2n) is 3.90. The molecule has 0 aromatic heterocycles. The molecule has 0 aromatic rings. The van der Waals surface area contributed by atoms with E-state index in [-0.39, 0.29) is 12.3 Å². The number of carbonyl (C=O) groups excluding carboxylic acids is 1. The van der Waals surface area contributed by atoms with Gasteiger partial charge in [-0.15, -0.1) is 11.8 Å². The summed E-state index contributed by atoms with van der Waals surface area (Å²) < 4.78 is 0.487. The number of hydrogen-bond donors (Lipinski definition) is 3. The second kappa shape index (κ2) is 6.11. The van der Waals surface area contributed by atoms with Crippen LogP contribution in [0.5, 0.6) is 0 Å². The summed E-state index contributed by atoms with van der Waals surface area (Å²) in [6.07, 6.45) is 2.20. The number of rotatable bonds is 5. The van der Waals surface area contributed by atoms with Crippen LogP contribution in [0.2, 0.25) is 0 Å². The number of carbonyl (C=O) groups is 2. The molecule has 1 aliphatic carbocycles. The van der Waals surface area contributed by atoms with Gasteiger partial charge in [-0.2, -0.15) is 0 Å². The molecule has 0 spiro atoms. The zero-order valence-electron chi connectivity index (χ0n) is 9.14. The molecule has 0 heterocycles. The fourth-order valence-corrected chi connectivity index (χ4v) is 3.35. The lowest BCUT2D eigenvalue weighted by molar-refractivity contribution is -0.137. The maximum absolute atomic E-state index is 10.9. The Hall–Kier alpha value is -0.950. The lowest BCUT2D eigenvalue weighted by atomic mass is 10.1. The van der Waals surface area contributed by atoms with Crippen molar-refractivity contribution in [3.8, 4) is 0 Å². The molecule has 1 aliphatic rings. The van der Waals surface area contributed by atoms with E-state index in [1.165, 1.54) is 0 Å². The van der Waals surface area contributed by atoms with Gasteiger partial charge in [0.25, 0.3) is 0 Å². The van der Waals surface area contributed by atoms with Crippen LogP contribution in [0.3, 0.4) is 0 Å². The average Bonchev–Trinajstić information content (AvgIpc) is 2.62. The highest BCUT2D eigenvalue weighted by Crippen LogP contribution is 2.30. The summed E-state index contributed by atoms with van der Waals surface area (Å²) >= 11 is 6.12. The zero-order chi connectivity index (χ0) is 13.0. The van der Waals surface area contributed by atoms with Gasteiger partial charge in [0, 0.05) is 18.1 Å². The van der Waals surface area contributed by atoms with Crippen molar-refractivity contribution in [1.82, 2.24) is 0 Å². The molecule has 0 aliphatic heterocycles. The highest BCUT2D eigenvalue weighted by Gasteiger charge is 2.30. The summed E-state index contributed by atoms with van der Waals surface area (Å²) in [6, 6.07) is 0. The normalized spacial score (nSPS) is 21.2. The number of nitrogens with two attached hydrogens (primary N) is 1.